The van der Waals surface area contributed by atoms with Gasteiger partial charge in [0.25, 0.3) is 5.69 Å². The molecule has 1 aromatic carbocycles. The second-order valence-electron chi connectivity index (χ2n) is 5.62. The SMILES string of the molecule is CC(C)(C)n1cc(C(=O)O)c(-c2ccc([N+](=O)[O-])cc2)n1. The van der Waals surface area contributed by atoms with Crippen LogP contribution >= 0.6 is 0 Å². The summed E-state index contributed by atoms with van der Waals surface area (Å²) in [6.45, 7) is 5.72. The average molecular weight is 289 g/mol. The van der Waals surface area contributed by atoms with Gasteiger partial charge < -0.3 is 5.11 Å². The van der Waals surface area contributed by atoms with E-state index in [4.69, 9.17) is 0 Å². The highest BCUT2D eigenvalue weighted by molar-refractivity contribution is 5.94. The Balaban J connectivity index is 2.54. The number of rotatable bonds is 3. The Kier molecular flexibility index (Phi) is 3.51. The summed E-state index contributed by atoms with van der Waals surface area (Å²) in [4.78, 5) is 21.5. The van der Waals surface area contributed by atoms with Gasteiger partial charge in [-0.1, -0.05) is 0 Å². The Morgan fingerprint density at radius 1 is 1.29 bits per heavy atom. The van der Waals surface area contributed by atoms with Crippen LogP contribution in [0, 0.1) is 10.1 Å². The first-order chi connectivity index (χ1) is 9.70. The van der Waals surface area contributed by atoms with Gasteiger partial charge in [-0.3, -0.25) is 14.8 Å². The van der Waals surface area contributed by atoms with Gasteiger partial charge >= 0.3 is 5.97 Å². The molecular weight excluding hydrogens is 274 g/mol. The molecule has 1 heterocycles. The molecule has 0 unspecified atom stereocenters. The van der Waals surface area contributed by atoms with Crippen molar-refractivity contribution in [2.45, 2.75) is 26.3 Å². The van der Waals surface area contributed by atoms with Crippen LogP contribution in [-0.4, -0.2) is 25.8 Å². The van der Waals surface area contributed by atoms with E-state index in [1.54, 1.807) is 4.68 Å². The molecule has 0 amide bonds. The van der Waals surface area contributed by atoms with Crippen LogP contribution in [0.4, 0.5) is 5.69 Å². The molecule has 2 rings (SSSR count). The molecule has 0 radical (unpaired) electrons. The predicted molar refractivity (Wildman–Crippen MR) is 76.3 cm³/mol. The maximum absolute atomic E-state index is 11.3. The molecule has 110 valence electrons. The summed E-state index contributed by atoms with van der Waals surface area (Å²) in [5.41, 5.74) is 0.487. The lowest BCUT2D eigenvalue weighted by Crippen LogP contribution is -2.22. The predicted octanol–water partition coefficient (Wildman–Crippen LogP) is 2.91. The van der Waals surface area contributed by atoms with Gasteiger partial charge in [0.15, 0.2) is 0 Å². The smallest absolute Gasteiger partial charge is 0.339 e. The summed E-state index contributed by atoms with van der Waals surface area (Å²) in [5, 5.41) is 24.3. The van der Waals surface area contributed by atoms with Gasteiger partial charge in [-0.2, -0.15) is 5.10 Å². The van der Waals surface area contributed by atoms with E-state index in [0.717, 1.165) is 0 Å². The number of nitro groups is 1. The minimum absolute atomic E-state index is 0.0501. The summed E-state index contributed by atoms with van der Waals surface area (Å²) in [7, 11) is 0. The lowest BCUT2D eigenvalue weighted by molar-refractivity contribution is -0.384. The molecule has 0 aliphatic heterocycles. The zero-order valence-electron chi connectivity index (χ0n) is 11.9. The Morgan fingerprint density at radius 2 is 1.86 bits per heavy atom. The largest absolute Gasteiger partial charge is 0.478 e. The number of benzene rings is 1. The highest BCUT2D eigenvalue weighted by Crippen LogP contribution is 2.26. The van der Waals surface area contributed by atoms with Crippen molar-refractivity contribution in [3.63, 3.8) is 0 Å². The molecule has 0 saturated carbocycles. The summed E-state index contributed by atoms with van der Waals surface area (Å²) < 4.78 is 1.58. The number of aromatic carboxylic acids is 1. The van der Waals surface area contributed by atoms with Crippen LogP contribution in [0.15, 0.2) is 30.5 Å². The third kappa shape index (κ3) is 2.91. The van der Waals surface area contributed by atoms with E-state index in [0.29, 0.717) is 11.3 Å². The van der Waals surface area contributed by atoms with Gasteiger partial charge in [0.2, 0.25) is 0 Å². The molecule has 1 aromatic heterocycles. The second kappa shape index (κ2) is 5.01. The van der Waals surface area contributed by atoms with Crippen molar-refractivity contribution >= 4 is 11.7 Å². The Morgan fingerprint density at radius 3 is 2.29 bits per heavy atom. The van der Waals surface area contributed by atoms with E-state index in [9.17, 15) is 20.0 Å². The van der Waals surface area contributed by atoms with E-state index >= 15 is 0 Å². The summed E-state index contributed by atoms with van der Waals surface area (Å²) in [6.07, 6.45) is 1.47. The van der Waals surface area contributed by atoms with Crippen LogP contribution in [0.5, 0.6) is 0 Å². The molecule has 7 heteroatoms. The first-order valence-corrected chi connectivity index (χ1v) is 6.28. The number of hydrogen-bond donors (Lipinski definition) is 1. The third-order valence-electron chi connectivity index (χ3n) is 2.98. The fourth-order valence-corrected chi connectivity index (χ4v) is 1.83. The van der Waals surface area contributed by atoms with Gasteiger partial charge in [-0.15, -0.1) is 0 Å². The topological polar surface area (TPSA) is 98.3 Å². The maximum atomic E-state index is 11.3. The molecule has 0 aliphatic rings. The van der Waals surface area contributed by atoms with E-state index < -0.39 is 10.9 Å². The quantitative estimate of drug-likeness (QED) is 0.692. The number of carboxylic acids is 1. The van der Waals surface area contributed by atoms with Crippen molar-refractivity contribution in [2.24, 2.45) is 0 Å². The molecule has 2 aromatic rings. The average Bonchev–Trinajstić information content (AvgIpc) is 2.83. The van der Waals surface area contributed by atoms with Gasteiger partial charge in [-0.05, 0) is 32.9 Å². The highest BCUT2D eigenvalue weighted by atomic mass is 16.6. The maximum Gasteiger partial charge on any atom is 0.339 e. The first-order valence-electron chi connectivity index (χ1n) is 6.28. The van der Waals surface area contributed by atoms with Crippen molar-refractivity contribution in [1.29, 1.82) is 0 Å². The standard InChI is InChI=1S/C14H15N3O4/c1-14(2,3)16-8-11(13(18)19)12(15-16)9-4-6-10(7-5-9)17(20)21/h4-8H,1-3H3,(H,18,19). The monoisotopic (exact) mass is 289 g/mol. The first kappa shape index (κ1) is 14.7. The van der Waals surface area contributed by atoms with E-state index in [-0.39, 0.29) is 16.8 Å². The number of non-ortho nitro benzene ring substituents is 1. The summed E-state index contributed by atoms with van der Waals surface area (Å²) in [6, 6.07) is 5.66. The van der Waals surface area contributed by atoms with Crippen molar-refractivity contribution in [3.8, 4) is 11.3 Å². The van der Waals surface area contributed by atoms with Crippen LogP contribution in [0.1, 0.15) is 31.1 Å². The highest BCUT2D eigenvalue weighted by Gasteiger charge is 2.22. The number of carbonyl (C=O) groups is 1. The fourth-order valence-electron chi connectivity index (χ4n) is 1.83. The molecule has 0 fully saturated rings. The second-order valence-corrected chi connectivity index (χ2v) is 5.62. The molecule has 7 nitrogen and oxygen atoms in total. The van der Waals surface area contributed by atoms with E-state index in [1.807, 2.05) is 20.8 Å². The van der Waals surface area contributed by atoms with Crippen LogP contribution in [-0.2, 0) is 5.54 Å². The summed E-state index contributed by atoms with van der Waals surface area (Å²) >= 11 is 0. The molecule has 1 N–H and O–H groups in total. The molecule has 0 saturated heterocycles. The van der Waals surface area contributed by atoms with E-state index in [1.165, 1.54) is 30.5 Å². The number of aromatic nitrogens is 2. The summed E-state index contributed by atoms with van der Waals surface area (Å²) in [5.74, 6) is -1.08. The Hall–Kier alpha value is -2.70. The van der Waals surface area contributed by atoms with Crippen molar-refractivity contribution in [3.05, 3.63) is 46.1 Å². The van der Waals surface area contributed by atoms with Gasteiger partial charge in [0.1, 0.15) is 11.3 Å². The minimum atomic E-state index is -1.08. The molecule has 0 aliphatic carbocycles. The van der Waals surface area contributed by atoms with Gasteiger partial charge in [-0.25, -0.2) is 4.79 Å². The molecule has 0 spiro atoms. The number of hydrogen-bond acceptors (Lipinski definition) is 4. The lowest BCUT2D eigenvalue weighted by Gasteiger charge is -2.18. The third-order valence-corrected chi connectivity index (χ3v) is 2.98. The van der Waals surface area contributed by atoms with E-state index in [2.05, 4.69) is 5.10 Å². The van der Waals surface area contributed by atoms with Crippen LogP contribution in [0.2, 0.25) is 0 Å². The molecular formula is C14H15N3O4. The van der Waals surface area contributed by atoms with Gasteiger partial charge in [0.05, 0.1) is 10.5 Å². The Bertz CT molecular complexity index is 696. The number of carboxylic acid groups (broad SMARTS) is 1. The zero-order chi connectivity index (χ0) is 15.8. The Labute approximate surface area is 121 Å². The molecule has 0 bridgehead atoms. The van der Waals surface area contributed by atoms with Crippen LogP contribution < -0.4 is 0 Å². The zero-order valence-corrected chi connectivity index (χ0v) is 11.9. The van der Waals surface area contributed by atoms with Crippen molar-refractivity contribution in [2.75, 3.05) is 0 Å². The van der Waals surface area contributed by atoms with Gasteiger partial charge in [0, 0.05) is 23.9 Å². The van der Waals surface area contributed by atoms with Crippen LogP contribution in [0.3, 0.4) is 0 Å². The fraction of sp³-hybridized carbons (Fsp3) is 0.286. The van der Waals surface area contributed by atoms with Crippen molar-refractivity contribution in [1.82, 2.24) is 9.78 Å². The van der Waals surface area contributed by atoms with Crippen LogP contribution in [0.25, 0.3) is 11.3 Å². The normalized spacial score (nSPS) is 11.4. The number of nitrogens with zero attached hydrogens (tertiary/aromatic N) is 3. The minimum Gasteiger partial charge on any atom is -0.478 e. The molecule has 21 heavy (non-hydrogen) atoms. The van der Waals surface area contributed by atoms with Crippen molar-refractivity contribution < 1.29 is 14.8 Å². The number of nitro benzene ring substituents is 1. The molecule has 0 atom stereocenters. The lowest BCUT2D eigenvalue weighted by atomic mass is 10.1.